The van der Waals surface area contributed by atoms with Crippen LogP contribution < -0.4 is 10.6 Å². The van der Waals surface area contributed by atoms with E-state index in [1.807, 2.05) is 36.4 Å². The maximum atomic E-state index is 14.4. The lowest BCUT2D eigenvalue weighted by Gasteiger charge is -2.38. The lowest BCUT2D eigenvalue weighted by molar-refractivity contribution is -0.141. The van der Waals surface area contributed by atoms with Gasteiger partial charge in [-0.05, 0) is 61.4 Å². The molecular weight excluding hydrogens is 566 g/mol. The van der Waals surface area contributed by atoms with Gasteiger partial charge in [0.1, 0.15) is 11.6 Å². The molecule has 8 atom stereocenters. The van der Waals surface area contributed by atoms with Gasteiger partial charge in [-0.3, -0.25) is 14.4 Å². The monoisotopic (exact) mass is 619 g/mol. The van der Waals surface area contributed by atoms with Crippen LogP contribution in [0.1, 0.15) is 71.8 Å². The van der Waals surface area contributed by atoms with Crippen molar-refractivity contribution in [2.45, 2.75) is 90.0 Å². The topological polar surface area (TPSA) is 94.2 Å². The number of likely N-dealkylation sites (tertiary alicyclic amines) is 1. The quantitative estimate of drug-likeness (QED) is 0.387. The summed E-state index contributed by atoms with van der Waals surface area (Å²) in [5.74, 6) is -0.651. The molecule has 5 aliphatic rings. The van der Waals surface area contributed by atoms with E-state index in [1.165, 1.54) is 12.0 Å². The van der Waals surface area contributed by atoms with E-state index in [9.17, 15) is 14.4 Å². The summed E-state index contributed by atoms with van der Waals surface area (Å²) in [6.45, 7) is 17.5. The predicted octanol–water partition coefficient (Wildman–Crippen LogP) is 3.87. The highest BCUT2D eigenvalue weighted by atomic mass is 16.5. The van der Waals surface area contributed by atoms with E-state index < -0.39 is 29.6 Å². The minimum Gasteiger partial charge on any atom is -0.359 e. The van der Waals surface area contributed by atoms with Crippen molar-refractivity contribution in [2.24, 2.45) is 23.7 Å². The Morgan fingerprint density at radius 2 is 1.71 bits per heavy atom. The number of rotatable bonds is 10. The summed E-state index contributed by atoms with van der Waals surface area (Å²) in [6, 6.07) is 7.16. The number of anilines is 1. The smallest absolute Gasteiger partial charge is 0.246 e. The van der Waals surface area contributed by atoms with E-state index >= 15 is 0 Å². The molecular formula is C36H53N5O4. The first-order chi connectivity index (χ1) is 21.6. The largest absolute Gasteiger partial charge is 0.359 e. The molecule has 1 aliphatic carbocycles. The van der Waals surface area contributed by atoms with Crippen LogP contribution in [0.3, 0.4) is 0 Å². The van der Waals surface area contributed by atoms with E-state index in [0.717, 1.165) is 58.5 Å². The molecule has 0 aromatic heterocycles. The van der Waals surface area contributed by atoms with E-state index in [-0.39, 0.29) is 23.8 Å². The Hall–Kier alpha value is -2.75. The zero-order valence-corrected chi connectivity index (χ0v) is 27.8. The van der Waals surface area contributed by atoms with Crippen LogP contribution in [-0.4, -0.2) is 102 Å². The normalized spacial score (nSPS) is 34.8. The Morgan fingerprint density at radius 1 is 1.00 bits per heavy atom. The number of carbonyl (C=O) groups excluding carboxylic acids is 3. The first-order valence-corrected chi connectivity index (χ1v) is 17.5. The van der Waals surface area contributed by atoms with Crippen molar-refractivity contribution in [3.63, 3.8) is 0 Å². The van der Waals surface area contributed by atoms with Gasteiger partial charge in [-0.25, -0.2) is 0 Å². The summed E-state index contributed by atoms with van der Waals surface area (Å²) >= 11 is 0. The number of hydrogen-bond donors (Lipinski definition) is 2. The predicted molar refractivity (Wildman–Crippen MR) is 176 cm³/mol. The van der Waals surface area contributed by atoms with Crippen molar-refractivity contribution in [1.82, 2.24) is 20.0 Å². The maximum Gasteiger partial charge on any atom is 0.246 e. The highest BCUT2D eigenvalue weighted by Gasteiger charge is 2.72. The number of nitrogens with zero attached hydrogens (tertiary/aromatic N) is 3. The van der Waals surface area contributed by atoms with Crippen LogP contribution in [0.15, 0.2) is 36.4 Å². The first kappa shape index (κ1) is 32.2. The Morgan fingerprint density at radius 3 is 2.40 bits per heavy atom. The van der Waals surface area contributed by atoms with E-state index in [4.69, 9.17) is 4.74 Å². The minimum absolute atomic E-state index is 0.0685. The molecule has 6 rings (SSSR count). The van der Waals surface area contributed by atoms with Crippen LogP contribution in [0.5, 0.6) is 0 Å². The maximum absolute atomic E-state index is 14.4. The molecule has 1 aromatic carbocycles. The molecule has 3 amide bonds. The number of fused-ring (bicyclic) bond motifs is 1. The summed E-state index contributed by atoms with van der Waals surface area (Å²) in [5, 5.41) is 6.43. The average molecular weight is 620 g/mol. The van der Waals surface area contributed by atoms with Gasteiger partial charge >= 0.3 is 0 Å². The zero-order valence-electron chi connectivity index (χ0n) is 27.8. The average Bonchev–Trinajstić information content (AvgIpc) is 3.67. The van der Waals surface area contributed by atoms with Crippen molar-refractivity contribution in [2.75, 3.05) is 51.1 Å². The standard InChI is InChI=1S/C36H53N5O4/c1-6-39-19-21-40(22-20-39)17-8-18-41-32(34(43)38-28-10-7-9-24(4)25(28)5)36-16-15-29(45-36)30(31(36)35(41)44)33(42)37-27-13-11-26(12-14-27)23(2)3/h11-16,23-25,28-32H,6-10,17-22H2,1-5H3,(H,37,42)(H,38,43). The van der Waals surface area contributed by atoms with Crippen LogP contribution in [0.2, 0.25) is 0 Å². The van der Waals surface area contributed by atoms with Crippen LogP contribution in [0.25, 0.3) is 0 Å². The number of ether oxygens (including phenoxy) is 1. The van der Waals surface area contributed by atoms with E-state index in [1.54, 1.807) is 4.90 Å². The van der Waals surface area contributed by atoms with Gasteiger partial charge in [0.2, 0.25) is 17.7 Å². The second kappa shape index (κ2) is 13.2. The van der Waals surface area contributed by atoms with Crippen LogP contribution >= 0.6 is 0 Å². The number of likely N-dealkylation sites (N-methyl/N-ethyl adjacent to an activating group) is 1. The van der Waals surface area contributed by atoms with Crippen LogP contribution in [0, 0.1) is 23.7 Å². The van der Waals surface area contributed by atoms with Crippen molar-refractivity contribution in [3.8, 4) is 0 Å². The summed E-state index contributed by atoms with van der Waals surface area (Å²) in [4.78, 5) is 49.2. The van der Waals surface area contributed by atoms with Gasteiger partial charge in [0.15, 0.2) is 0 Å². The Balaban J connectivity index is 1.21. The molecule has 0 radical (unpaired) electrons. The van der Waals surface area contributed by atoms with Crippen LogP contribution in [-0.2, 0) is 19.1 Å². The third kappa shape index (κ3) is 6.08. The summed E-state index contributed by atoms with van der Waals surface area (Å²) in [6.07, 6.45) is 7.26. The van der Waals surface area contributed by atoms with Crippen molar-refractivity contribution < 1.29 is 19.1 Å². The fraction of sp³-hybridized carbons (Fsp3) is 0.694. The molecule has 3 saturated heterocycles. The summed E-state index contributed by atoms with van der Waals surface area (Å²) in [7, 11) is 0. The molecule has 2 N–H and O–H groups in total. The summed E-state index contributed by atoms with van der Waals surface area (Å²) < 4.78 is 6.59. The second-order valence-electron chi connectivity index (χ2n) is 14.5. The molecule has 45 heavy (non-hydrogen) atoms. The van der Waals surface area contributed by atoms with Gasteiger partial charge in [-0.15, -0.1) is 0 Å². The molecule has 4 heterocycles. The third-order valence-electron chi connectivity index (χ3n) is 11.6. The van der Waals surface area contributed by atoms with Crippen molar-refractivity contribution in [3.05, 3.63) is 42.0 Å². The first-order valence-electron chi connectivity index (χ1n) is 17.5. The van der Waals surface area contributed by atoms with Gasteiger partial charge in [-0.1, -0.05) is 71.7 Å². The molecule has 1 saturated carbocycles. The number of amides is 3. The molecule has 1 aromatic rings. The summed E-state index contributed by atoms with van der Waals surface area (Å²) in [5.41, 5.74) is 0.763. The lowest BCUT2D eigenvalue weighted by Crippen LogP contribution is -2.58. The van der Waals surface area contributed by atoms with E-state index in [2.05, 4.69) is 55.1 Å². The fourth-order valence-corrected chi connectivity index (χ4v) is 8.53. The third-order valence-corrected chi connectivity index (χ3v) is 11.6. The SMILES string of the molecule is CCN1CCN(CCCN2C(=O)C3C(C(=O)Nc4ccc(C(C)C)cc4)C4C=CC3(O4)C2C(=O)NC2CCCC(C)C2C)CC1. The molecule has 1 spiro atoms. The van der Waals surface area contributed by atoms with Crippen molar-refractivity contribution in [1.29, 1.82) is 0 Å². The molecule has 9 heteroatoms. The van der Waals surface area contributed by atoms with Gasteiger partial charge < -0.3 is 30.1 Å². The van der Waals surface area contributed by atoms with Crippen molar-refractivity contribution >= 4 is 23.4 Å². The van der Waals surface area contributed by atoms with E-state index in [0.29, 0.717) is 30.0 Å². The molecule has 246 valence electrons. The Labute approximate surface area is 269 Å². The number of piperazine rings is 1. The van der Waals surface area contributed by atoms with Crippen LogP contribution in [0.4, 0.5) is 5.69 Å². The Bertz CT molecular complexity index is 1270. The van der Waals surface area contributed by atoms with Gasteiger partial charge in [-0.2, -0.15) is 0 Å². The number of hydrogen-bond acceptors (Lipinski definition) is 6. The van der Waals surface area contributed by atoms with Gasteiger partial charge in [0.05, 0.1) is 17.9 Å². The number of benzene rings is 1. The molecule has 9 nitrogen and oxygen atoms in total. The highest BCUT2D eigenvalue weighted by Crippen LogP contribution is 2.55. The fourth-order valence-electron chi connectivity index (χ4n) is 8.53. The molecule has 4 aliphatic heterocycles. The number of carbonyl (C=O) groups is 3. The lowest BCUT2D eigenvalue weighted by atomic mass is 9.73. The molecule has 8 unspecified atom stereocenters. The zero-order chi connectivity index (χ0) is 31.9. The van der Waals surface area contributed by atoms with Gasteiger partial charge in [0.25, 0.3) is 0 Å². The number of nitrogens with one attached hydrogen (secondary N) is 2. The van der Waals surface area contributed by atoms with Gasteiger partial charge in [0, 0.05) is 44.5 Å². The molecule has 2 bridgehead atoms. The molecule has 4 fully saturated rings. The highest BCUT2D eigenvalue weighted by molar-refractivity contribution is 6.02. The second-order valence-corrected chi connectivity index (χ2v) is 14.5. The Kier molecular flexibility index (Phi) is 9.42. The minimum atomic E-state index is -1.13.